The first kappa shape index (κ1) is 12.0. The molecule has 1 aromatic rings. The lowest BCUT2D eigenvalue weighted by Gasteiger charge is -2.25. The molecular formula is C12H20N2OS. The molecule has 1 aliphatic rings. The van der Waals surface area contributed by atoms with Crippen molar-refractivity contribution >= 4 is 11.3 Å². The summed E-state index contributed by atoms with van der Waals surface area (Å²) in [5, 5.41) is 3.17. The molecule has 16 heavy (non-hydrogen) atoms. The topological polar surface area (TPSA) is 48.1 Å². The molecule has 3 nitrogen and oxygen atoms in total. The predicted molar refractivity (Wildman–Crippen MR) is 66.4 cm³/mol. The number of hydrogen-bond donors (Lipinski definition) is 1. The Morgan fingerprint density at radius 3 is 2.69 bits per heavy atom. The van der Waals surface area contributed by atoms with Gasteiger partial charge in [-0.25, -0.2) is 4.98 Å². The minimum atomic E-state index is -0.173. The number of nitrogens with zero attached hydrogens (tertiary/aromatic N) is 1. The minimum Gasteiger partial charge on any atom is -0.378 e. The highest BCUT2D eigenvalue weighted by molar-refractivity contribution is 7.09. The Morgan fingerprint density at radius 2 is 2.06 bits per heavy atom. The fourth-order valence-electron chi connectivity index (χ4n) is 2.32. The number of methoxy groups -OCH3 is 1. The van der Waals surface area contributed by atoms with Crippen molar-refractivity contribution < 1.29 is 4.74 Å². The molecule has 0 atom stereocenters. The van der Waals surface area contributed by atoms with Crippen LogP contribution in [0.2, 0.25) is 0 Å². The van der Waals surface area contributed by atoms with Gasteiger partial charge in [-0.05, 0) is 12.8 Å². The third-order valence-corrected chi connectivity index (χ3v) is 4.38. The fourth-order valence-corrected chi connectivity index (χ4v) is 3.30. The monoisotopic (exact) mass is 240 g/mol. The number of ether oxygens (including phenoxy) is 1. The van der Waals surface area contributed by atoms with Gasteiger partial charge in [-0.15, -0.1) is 11.3 Å². The second-order valence-corrected chi connectivity index (χ2v) is 5.51. The van der Waals surface area contributed by atoms with Crippen LogP contribution in [0.4, 0.5) is 0 Å². The first-order chi connectivity index (χ1) is 7.74. The van der Waals surface area contributed by atoms with E-state index >= 15 is 0 Å². The van der Waals surface area contributed by atoms with Crippen LogP contribution in [0, 0.1) is 0 Å². The lowest BCUT2D eigenvalue weighted by Crippen LogP contribution is -2.35. The Bertz CT molecular complexity index is 330. The summed E-state index contributed by atoms with van der Waals surface area (Å²) in [6.45, 7) is 0.590. The molecule has 0 aliphatic heterocycles. The number of aromatic nitrogens is 1. The largest absolute Gasteiger partial charge is 0.378 e. The predicted octanol–water partition coefficient (Wildman–Crippen LogP) is 2.80. The summed E-state index contributed by atoms with van der Waals surface area (Å²) in [6, 6.07) is 0. The van der Waals surface area contributed by atoms with E-state index in [0.717, 1.165) is 23.5 Å². The molecule has 0 saturated heterocycles. The second kappa shape index (κ2) is 5.25. The van der Waals surface area contributed by atoms with Crippen LogP contribution >= 0.6 is 11.3 Å². The number of rotatable bonds is 3. The van der Waals surface area contributed by atoms with Crippen LogP contribution in [0.5, 0.6) is 0 Å². The third kappa shape index (κ3) is 2.62. The summed E-state index contributed by atoms with van der Waals surface area (Å²) in [5.74, 6) is 0. The van der Waals surface area contributed by atoms with Crippen LogP contribution in [-0.4, -0.2) is 12.1 Å². The first-order valence-corrected chi connectivity index (χ1v) is 6.85. The Morgan fingerprint density at radius 1 is 1.38 bits per heavy atom. The van der Waals surface area contributed by atoms with Gasteiger partial charge in [-0.3, -0.25) is 0 Å². The molecule has 1 heterocycles. The highest BCUT2D eigenvalue weighted by Gasteiger charge is 2.31. The molecule has 4 heteroatoms. The van der Waals surface area contributed by atoms with Crippen molar-refractivity contribution in [2.75, 3.05) is 7.11 Å². The summed E-state index contributed by atoms with van der Waals surface area (Å²) in [4.78, 5) is 4.61. The van der Waals surface area contributed by atoms with E-state index in [9.17, 15) is 0 Å². The smallest absolute Gasteiger partial charge is 0.113 e. The van der Waals surface area contributed by atoms with Crippen LogP contribution in [0.3, 0.4) is 0 Å². The Labute approximate surface area is 101 Å². The normalized spacial score (nSPS) is 20.6. The van der Waals surface area contributed by atoms with E-state index in [1.54, 1.807) is 18.4 Å². The summed E-state index contributed by atoms with van der Waals surface area (Å²) >= 11 is 1.69. The maximum absolute atomic E-state index is 6.50. The molecule has 1 fully saturated rings. The van der Waals surface area contributed by atoms with Crippen molar-refractivity contribution in [3.8, 4) is 0 Å². The van der Waals surface area contributed by atoms with Crippen molar-refractivity contribution in [3.05, 3.63) is 16.1 Å². The van der Waals surface area contributed by atoms with Gasteiger partial charge in [-0.2, -0.15) is 0 Å². The molecule has 0 aromatic carbocycles. The minimum absolute atomic E-state index is 0.173. The van der Waals surface area contributed by atoms with E-state index in [1.165, 1.54) is 25.7 Å². The van der Waals surface area contributed by atoms with Crippen molar-refractivity contribution in [2.24, 2.45) is 5.73 Å². The number of hydrogen-bond acceptors (Lipinski definition) is 4. The van der Waals surface area contributed by atoms with E-state index in [-0.39, 0.29) is 5.54 Å². The van der Waals surface area contributed by atoms with Crippen LogP contribution in [-0.2, 0) is 16.9 Å². The van der Waals surface area contributed by atoms with Gasteiger partial charge >= 0.3 is 0 Å². The van der Waals surface area contributed by atoms with Gasteiger partial charge in [0.05, 0.1) is 17.8 Å². The van der Waals surface area contributed by atoms with Crippen LogP contribution < -0.4 is 5.73 Å². The zero-order valence-electron chi connectivity index (χ0n) is 9.87. The van der Waals surface area contributed by atoms with E-state index in [4.69, 9.17) is 10.5 Å². The van der Waals surface area contributed by atoms with E-state index in [0.29, 0.717) is 6.61 Å². The highest BCUT2D eigenvalue weighted by atomic mass is 32.1. The number of nitrogens with two attached hydrogens (primary N) is 1. The Hall–Kier alpha value is -0.450. The molecule has 0 bridgehead atoms. The van der Waals surface area contributed by atoms with Gasteiger partial charge in [0.2, 0.25) is 0 Å². The van der Waals surface area contributed by atoms with Crippen LogP contribution in [0.25, 0.3) is 0 Å². The van der Waals surface area contributed by atoms with E-state index in [1.807, 2.05) is 0 Å². The zero-order chi connectivity index (χ0) is 11.4. The molecule has 1 aliphatic carbocycles. The standard InChI is InChI=1S/C12H20N2OS/c1-15-8-10-9-16-11(14-10)12(13)6-4-2-3-5-7-12/h9H,2-8,13H2,1H3. The van der Waals surface area contributed by atoms with E-state index < -0.39 is 0 Å². The first-order valence-electron chi connectivity index (χ1n) is 5.97. The lowest BCUT2D eigenvalue weighted by molar-refractivity contribution is 0.181. The summed E-state index contributed by atoms with van der Waals surface area (Å²) in [5.41, 5.74) is 7.33. The van der Waals surface area contributed by atoms with Crippen molar-refractivity contribution in [1.82, 2.24) is 4.98 Å². The van der Waals surface area contributed by atoms with Crippen molar-refractivity contribution in [3.63, 3.8) is 0 Å². The van der Waals surface area contributed by atoms with E-state index in [2.05, 4.69) is 10.4 Å². The fraction of sp³-hybridized carbons (Fsp3) is 0.750. The number of thiazole rings is 1. The molecule has 0 spiro atoms. The van der Waals surface area contributed by atoms with Crippen molar-refractivity contribution in [2.45, 2.75) is 50.7 Å². The molecule has 2 rings (SSSR count). The van der Waals surface area contributed by atoms with Crippen molar-refractivity contribution in [1.29, 1.82) is 0 Å². The SMILES string of the molecule is COCc1csc(C2(N)CCCCCC2)n1. The molecule has 0 amide bonds. The summed E-state index contributed by atoms with van der Waals surface area (Å²) < 4.78 is 5.09. The van der Waals surface area contributed by atoms with Gasteiger partial charge < -0.3 is 10.5 Å². The van der Waals surface area contributed by atoms with Gasteiger partial charge in [0.15, 0.2) is 0 Å². The molecule has 1 aromatic heterocycles. The van der Waals surface area contributed by atoms with Gasteiger partial charge in [0.25, 0.3) is 0 Å². The quantitative estimate of drug-likeness (QED) is 0.826. The van der Waals surface area contributed by atoms with Gasteiger partial charge in [0, 0.05) is 12.5 Å². The van der Waals surface area contributed by atoms with Crippen LogP contribution in [0.1, 0.15) is 49.2 Å². The maximum atomic E-state index is 6.50. The summed E-state index contributed by atoms with van der Waals surface area (Å²) in [6.07, 6.45) is 7.25. The zero-order valence-corrected chi connectivity index (χ0v) is 10.7. The van der Waals surface area contributed by atoms with Gasteiger partial charge in [-0.1, -0.05) is 25.7 Å². The second-order valence-electron chi connectivity index (χ2n) is 4.65. The van der Waals surface area contributed by atoms with Crippen LogP contribution in [0.15, 0.2) is 5.38 Å². The summed E-state index contributed by atoms with van der Waals surface area (Å²) in [7, 11) is 1.70. The molecule has 90 valence electrons. The molecule has 0 radical (unpaired) electrons. The average Bonchev–Trinajstić information content (AvgIpc) is 2.63. The maximum Gasteiger partial charge on any atom is 0.113 e. The molecular weight excluding hydrogens is 220 g/mol. The lowest BCUT2D eigenvalue weighted by atomic mass is 9.92. The molecule has 0 unspecified atom stereocenters. The third-order valence-electron chi connectivity index (χ3n) is 3.27. The molecule has 1 saturated carbocycles. The Kier molecular flexibility index (Phi) is 3.95. The van der Waals surface area contributed by atoms with Gasteiger partial charge in [0.1, 0.15) is 5.01 Å². The average molecular weight is 240 g/mol. The Balaban J connectivity index is 2.13. The highest BCUT2D eigenvalue weighted by Crippen LogP contribution is 2.35. The molecule has 2 N–H and O–H groups in total.